The van der Waals surface area contributed by atoms with Crippen molar-refractivity contribution in [3.05, 3.63) is 24.3 Å². The molecular formula is C11H14FN3O2S2. The van der Waals surface area contributed by atoms with Crippen molar-refractivity contribution < 1.29 is 12.8 Å². The fourth-order valence-corrected chi connectivity index (χ4v) is 3.50. The summed E-state index contributed by atoms with van der Waals surface area (Å²) in [6.07, 6.45) is 4.04. The maximum Gasteiger partial charge on any atom is 0.244 e. The molecule has 0 amide bonds. The van der Waals surface area contributed by atoms with Crippen LogP contribution in [0, 0.1) is 5.82 Å². The summed E-state index contributed by atoms with van der Waals surface area (Å²) in [4.78, 5) is 3.70. The van der Waals surface area contributed by atoms with Gasteiger partial charge in [0.05, 0.1) is 11.2 Å². The SMILES string of the molecule is NC(=S)CCN(C1CC1)S(=O)(=O)c1cncc(F)c1. The number of nitrogens with two attached hydrogens (primary N) is 1. The van der Waals surface area contributed by atoms with E-state index in [0.29, 0.717) is 6.42 Å². The summed E-state index contributed by atoms with van der Waals surface area (Å²) in [6, 6.07) is 0.931. The van der Waals surface area contributed by atoms with Gasteiger partial charge >= 0.3 is 0 Å². The summed E-state index contributed by atoms with van der Waals surface area (Å²) in [6.45, 7) is 0.221. The predicted octanol–water partition coefficient (Wildman–Crippen LogP) is 1.05. The standard InChI is InChI=1S/C11H14FN3O2S2/c12-8-5-10(7-14-6-8)19(16,17)15(9-1-2-9)4-3-11(13)18/h5-7,9H,1-4H2,(H2,13,18). The lowest BCUT2D eigenvalue weighted by Gasteiger charge is -2.21. The molecule has 0 spiro atoms. The fraction of sp³-hybridized carbons (Fsp3) is 0.455. The van der Waals surface area contributed by atoms with E-state index in [1.165, 1.54) is 4.31 Å². The van der Waals surface area contributed by atoms with Gasteiger partial charge in [0, 0.05) is 25.2 Å². The molecule has 1 aliphatic carbocycles. The molecule has 1 aromatic heterocycles. The zero-order valence-electron chi connectivity index (χ0n) is 10.1. The second kappa shape index (κ2) is 5.48. The van der Waals surface area contributed by atoms with Crippen molar-refractivity contribution in [3.63, 3.8) is 0 Å². The van der Waals surface area contributed by atoms with Crippen LogP contribution in [0.15, 0.2) is 23.4 Å². The number of rotatable bonds is 6. The van der Waals surface area contributed by atoms with Crippen LogP contribution in [0.5, 0.6) is 0 Å². The van der Waals surface area contributed by atoms with Gasteiger partial charge in [0.1, 0.15) is 10.7 Å². The Balaban J connectivity index is 2.26. The van der Waals surface area contributed by atoms with Crippen LogP contribution in [-0.4, -0.2) is 35.3 Å². The van der Waals surface area contributed by atoms with Crippen molar-refractivity contribution >= 4 is 27.2 Å². The quantitative estimate of drug-likeness (QED) is 0.795. The molecular weight excluding hydrogens is 289 g/mol. The molecule has 0 aliphatic heterocycles. The van der Waals surface area contributed by atoms with Crippen LogP contribution in [0.1, 0.15) is 19.3 Å². The first-order valence-corrected chi connectivity index (χ1v) is 7.67. The molecule has 0 atom stereocenters. The summed E-state index contributed by atoms with van der Waals surface area (Å²) in [7, 11) is -3.74. The molecule has 0 bridgehead atoms. The first kappa shape index (κ1) is 14.3. The van der Waals surface area contributed by atoms with Gasteiger partial charge in [-0.1, -0.05) is 12.2 Å². The minimum absolute atomic E-state index is 0.0392. The normalized spacial score (nSPS) is 15.7. The molecule has 0 unspecified atom stereocenters. The average molecular weight is 303 g/mol. The lowest BCUT2D eigenvalue weighted by atomic mass is 10.4. The van der Waals surface area contributed by atoms with Crippen molar-refractivity contribution in [3.8, 4) is 0 Å². The van der Waals surface area contributed by atoms with Gasteiger partial charge in [0.25, 0.3) is 0 Å². The highest BCUT2D eigenvalue weighted by Crippen LogP contribution is 2.32. The summed E-state index contributed by atoms with van der Waals surface area (Å²) in [5.74, 6) is -0.675. The number of pyridine rings is 1. The molecule has 0 radical (unpaired) electrons. The maximum absolute atomic E-state index is 13.1. The van der Waals surface area contributed by atoms with Gasteiger partial charge in [-0.25, -0.2) is 12.8 Å². The molecule has 2 N–H and O–H groups in total. The number of hydrogen-bond donors (Lipinski definition) is 1. The van der Waals surface area contributed by atoms with E-state index in [0.717, 1.165) is 31.3 Å². The number of hydrogen-bond acceptors (Lipinski definition) is 4. The van der Waals surface area contributed by atoms with E-state index in [-0.39, 0.29) is 22.5 Å². The van der Waals surface area contributed by atoms with Gasteiger partial charge in [-0.2, -0.15) is 4.31 Å². The monoisotopic (exact) mass is 303 g/mol. The Morgan fingerprint density at radius 1 is 1.53 bits per heavy atom. The van der Waals surface area contributed by atoms with Crippen LogP contribution in [0.25, 0.3) is 0 Å². The van der Waals surface area contributed by atoms with E-state index < -0.39 is 15.8 Å². The Bertz CT molecular complexity index is 587. The number of halogens is 1. The van der Waals surface area contributed by atoms with Crippen LogP contribution in [-0.2, 0) is 10.0 Å². The number of thiocarbonyl (C=S) groups is 1. The molecule has 2 rings (SSSR count). The van der Waals surface area contributed by atoms with E-state index in [2.05, 4.69) is 4.98 Å². The van der Waals surface area contributed by atoms with Gasteiger partial charge in [0.15, 0.2) is 0 Å². The lowest BCUT2D eigenvalue weighted by Crippen LogP contribution is -2.35. The Morgan fingerprint density at radius 3 is 2.74 bits per heavy atom. The average Bonchev–Trinajstić information content (AvgIpc) is 3.13. The van der Waals surface area contributed by atoms with Crippen LogP contribution in [0.2, 0.25) is 0 Å². The highest BCUT2D eigenvalue weighted by Gasteiger charge is 2.38. The topological polar surface area (TPSA) is 76.3 Å². The minimum atomic E-state index is -3.74. The van der Waals surface area contributed by atoms with Crippen molar-refractivity contribution in [1.29, 1.82) is 0 Å². The lowest BCUT2D eigenvalue weighted by molar-refractivity contribution is 0.412. The maximum atomic E-state index is 13.1. The van der Waals surface area contributed by atoms with Crippen LogP contribution in [0.4, 0.5) is 4.39 Å². The van der Waals surface area contributed by atoms with Crippen molar-refractivity contribution in [2.24, 2.45) is 5.73 Å². The molecule has 1 heterocycles. The van der Waals surface area contributed by atoms with Crippen LogP contribution < -0.4 is 5.73 Å². The van der Waals surface area contributed by atoms with Crippen molar-refractivity contribution in [2.75, 3.05) is 6.54 Å². The zero-order chi connectivity index (χ0) is 14.0. The first-order valence-electron chi connectivity index (χ1n) is 5.82. The fourth-order valence-electron chi connectivity index (χ4n) is 1.75. The molecule has 0 saturated heterocycles. The number of aromatic nitrogens is 1. The Hall–Kier alpha value is -1.12. The molecule has 8 heteroatoms. The highest BCUT2D eigenvalue weighted by molar-refractivity contribution is 7.89. The molecule has 1 aliphatic rings. The summed E-state index contributed by atoms with van der Waals surface area (Å²) in [5.41, 5.74) is 5.40. The zero-order valence-corrected chi connectivity index (χ0v) is 11.8. The smallest absolute Gasteiger partial charge is 0.244 e. The summed E-state index contributed by atoms with van der Waals surface area (Å²) < 4.78 is 39.3. The minimum Gasteiger partial charge on any atom is -0.393 e. The van der Waals surface area contributed by atoms with Gasteiger partial charge in [-0.05, 0) is 18.9 Å². The van der Waals surface area contributed by atoms with E-state index in [9.17, 15) is 12.8 Å². The number of nitrogens with zero attached hydrogens (tertiary/aromatic N) is 2. The van der Waals surface area contributed by atoms with Crippen molar-refractivity contribution in [1.82, 2.24) is 9.29 Å². The third kappa shape index (κ3) is 3.46. The summed E-state index contributed by atoms with van der Waals surface area (Å²) in [5, 5.41) is 0. The van der Waals surface area contributed by atoms with E-state index in [4.69, 9.17) is 18.0 Å². The largest absolute Gasteiger partial charge is 0.393 e. The Kier molecular flexibility index (Phi) is 4.12. The third-order valence-corrected chi connectivity index (χ3v) is 4.94. The Morgan fingerprint density at radius 2 is 2.21 bits per heavy atom. The second-order valence-corrected chi connectivity index (χ2v) is 6.82. The van der Waals surface area contributed by atoms with E-state index >= 15 is 0 Å². The van der Waals surface area contributed by atoms with Crippen LogP contribution in [0.3, 0.4) is 0 Å². The van der Waals surface area contributed by atoms with Gasteiger partial charge < -0.3 is 5.73 Å². The van der Waals surface area contributed by atoms with Crippen molar-refractivity contribution in [2.45, 2.75) is 30.2 Å². The first-order chi connectivity index (χ1) is 8.91. The van der Waals surface area contributed by atoms with E-state index in [1.807, 2.05) is 0 Å². The summed E-state index contributed by atoms with van der Waals surface area (Å²) >= 11 is 4.77. The Labute approximate surface area is 116 Å². The van der Waals surface area contributed by atoms with Gasteiger partial charge in [-0.3, -0.25) is 4.98 Å². The molecule has 1 saturated carbocycles. The number of sulfonamides is 1. The molecule has 19 heavy (non-hydrogen) atoms. The molecule has 1 fully saturated rings. The third-order valence-electron chi connectivity index (χ3n) is 2.82. The molecule has 104 valence electrons. The molecule has 1 aromatic rings. The molecule has 5 nitrogen and oxygen atoms in total. The van der Waals surface area contributed by atoms with Gasteiger partial charge in [-0.15, -0.1) is 0 Å². The van der Waals surface area contributed by atoms with E-state index in [1.54, 1.807) is 0 Å². The highest BCUT2D eigenvalue weighted by atomic mass is 32.2. The van der Waals surface area contributed by atoms with Gasteiger partial charge in [0.2, 0.25) is 10.0 Å². The van der Waals surface area contributed by atoms with Crippen LogP contribution >= 0.6 is 12.2 Å². The second-order valence-electron chi connectivity index (χ2n) is 4.40. The predicted molar refractivity (Wildman–Crippen MR) is 72.5 cm³/mol. The molecule has 0 aromatic carbocycles.